The number of aromatic nitrogens is 1. The summed E-state index contributed by atoms with van der Waals surface area (Å²) < 4.78 is 5.42. The molecule has 2 rings (SSSR count). The van der Waals surface area contributed by atoms with E-state index in [0.717, 1.165) is 17.7 Å². The third-order valence-corrected chi connectivity index (χ3v) is 3.74. The Morgan fingerprint density at radius 2 is 2.10 bits per heavy atom. The zero-order chi connectivity index (χ0) is 15.2. The summed E-state index contributed by atoms with van der Waals surface area (Å²) in [5.74, 6) is 0.624. The van der Waals surface area contributed by atoms with Gasteiger partial charge in [0.25, 0.3) is 5.91 Å². The van der Waals surface area contributed by atoms with Crippen molar-refractivity contribution in [2.24, 2.45) is 0 Å². The maximum atomic E-state index is 12.1. The average Bonchev–Trinajstić information content (AvgIpc) is 2.92. The predicted octanol–water partition coefficient (Wildman–Crippen LogP) is 3.01. The van der Waals surface area contributed by atoms with Gasteiger partial charge >= 0.3 is 0 Å². The number of nitrogens with one attached hydrogen (secondary N) is 1. The van der Waals surface area contributed by atoms with E-state index in [-0.39, 0.29) is 11.9 Å². The lowest BCUT2D eigenvalue weighted by Gasteiger charge is -2.17. The molecule has 21 heavy (non-hydrogen) atoms. The first-order valence-corrected chi connectivity index (χ1v) is 7.76. The Morgan fingerprint density at radius 3 is 2.62 bits per heavy atom. The van der Waals surface area contributed by atoms with Gasteiger partial charge < -0.3 is 15.8 Å². The van der Waals surface area contributed by atoms with Crippen LogP contribution in [0.2, 0.25) is 0 Å². The van der Waals surface area contributed by atoms with Gasteiger partial charge in [-0.2, -0.15) is 0 Å². The van der Waals surface area contributed by atoms with Gasteiger partial charge in [0, 0.05) is 5.38 Å². The van der Waals surface area contributed by atoms with Crippen molar-refractivity contribution >= 4 is 22.4 Å². The van der Waals surface area contributed by atoms with E-state index in [1.165, 1.54) is 11.3 Å². The number of nitrogen functional groups attached to an aromatic ring is 1. The number of nitrogens with two attached hydrogens (primary N) is 1. The van der Waals surface area contributed by atoms with E-state index in [1.54, 1.807) is 5.38 Å². The van der Waals surface area contributed by atoms with Crippen LogP contribution >= 0.6 is 11.3 Å². The fraction of sp³-hybridized carbons (Fsp3) is 0.333. The Kier molecular flexibility index (Phi) is 5.16. The Morgan fingerprint density at radius 1 is 1.38 bits per heavy atom. The standard InChI is InChI=1S/C15H19N3O2S/c1-3-12(10-5-7-11(8-6-10)20-4-2)17-14(19)13-9-21-15(16)18-13/h5-9,12H,3-4H2,1-2H3,(H2,16,18)(H,17,19). The van der Waals surface area contributed by atoms with E-state index in [4.69, 9.17) is 10.5 Å². The minimum Gasteiger partial charge on any atom is -0.494 e. The number of thiazole rings is 1. The van der Waals surface area contributed by atoms with Crippen LogP contribution in [-0.2, 0) is 0 Å². The van der Waals surface area contributed by atoms with E-state index in [9.17, 15) is 4.79 Å². The largest absolute Gasteiger partial charge is 0.494 e. The van der Waals surface area contributed by atoms with Crippen molar-refractivity contribution in [2.75, 3.05) is 12.3 Å². The number of rotatable bonds is 6. The Hall–Kier alpha value is -2.08. The van der Waals surface area contributed by atoms with Crippen molar-refractivity contribution in [1.82, 2.24) is 10.3 Å². The number of nitrogens with zero attached hydrogens (tertiary/aromatic N) is 1. The molecule has 0 aliphatic rings. The highest BCUT2D eigenvalue weighted by atomic mass is 32.1. The molecule has 0 fully saturated rings. The fourth-order valence-corrected chi connectivity index (χ4v) is 2.55. The van der Waals surface area contributed by atoms with E-state index >= 15 is 0 Å². The number of carbonyl (C=O) groups is 1. The van der Waals surface area contributed by atoms with Crippen LogP contribution in [0.4, 0.5) is 5.13 Å². The maximum absolute atomic E-state index is 12.1. The topological polar surface area (TPSA) is 77.2 Å². The Bertz CT molecular complexity index is 595. The van der Waals surface area contributed by atoms with Gasteiger partial charge in [0.15, 0.2) is 5.13 Å². The first-order valence-electron chi connectivity index (χ1n) is 6.88. The van der Waals surface area contributed by atoms with Crippen LogP contribution in [0.15, 0.2) is 29.6 Å². The highest BCUT2D eigenvalue weighted by Gasteiger charge is 2.16. The second kappa shape index (κ2) is 7.08. The first-order chi connectivity index (χ1) is 10.1. The number of amides is 1. The minimum absolute atomic E-state index is 0.0592. The molecule has 3 N–H and O–H groups in total. The summed E-state index contributed by atoms with van der Waals surface area (Å²) >= 11 is 1.26. The number of benzene rings is 1. The molecule has 112 valence electrons. The zero-order valence-electron chi connectivity index (χ0n) is 12.1. The maximum Gasteiger partial charge on any atom is 0.271 e. The highest BCUT2D eigenvalue weighted by molar-refractivity contribution is 7.13. The van der Waals surface area contributed by atoms with Crippen molar-refractivity contribution in [1.29, 1.82) is 0 Å². The summed E-state index contributed by atoms with van der Waals surface area (Å²) in [6.07, 6.45) is 0.791. The molecule has 1 amide bonds. The molecule has 0 bridgehead atoms. The zero-order valence-corrected chi connectivity index (χ0v) is 12.9. The van der Waals surface area contributed by atoms with Crippen LogP contribution in [0, 0.1) is 0 Å². The number of carbonyl (C=O) groups excluding carboxylic acids is 1. The monoisotopic (exact) mass is 305 g/mol. The van der Waals surface area contributed by atoms with Crippen molar-refractivity contribution in [2.45, 2.75) is 26.3 Å². The molecule has 0 saturated heterocycles. The molecule has 1 unspecified atom stereocenters. The Labute approximate surface area is 128 Å². The molecule has 0 aliphatic carbocycles. The van der Waals surface area contributed by atoms with Gasteiger partial charge in [-0.3, -0.25) is 4.79 Å². The van der Waals surface area contributed by atoms with E-state index < -0.39 is 0 Å². The van der Waals surface area contributed by atoms with Crippen LogP contribution < -0.4 is 15.8 Å². The van der Waals surface area contributed by atoms with Crippen LogP contribution in [-0.4, -0.2) is 17.5 Å². The van der Waals surface area contributed by atoms with Gasteiger partial charge in [0.2, 0.25) is 0 Å². The summed E-state index contributed by atoms with van der Waals surface area (Å²) in [6.45, 7) is 4.61. The predicted molar refractivity (Wildman–Crippen MR) is 84.6 cm³/mol. The second-order valence-corrected chi connectivity index (χ2v) is 5.40. The van der Waals surface area contributed by atoms with Gasteiger partial charge in [-0.15, -0.1) is 11.3 Å². The molecule has 6 heteroatoms. The van der Waals surface area contributed by atoms with E-state index in [1.807, 2.05) is 38.1 Å². The van der Waals surface area contributed by atoms with Crippen LogP contribution in [0.25, 0.3) is 0 Å². The molecule has 1 aromatic heterocycles. The summed E-state index contributed by atoms with van der Waals surface area (Å²) in [5.41, 5.74) is 6.95. The molecule has 0 aliphatic heterocycles. The molecule has 2 aromatic rings. The fourth-order valence-electron chi connectivity index (χ4n) is 2.01. The molecule has 1 aromatic carbocycles. The number of ether oxygens (including phenoxy) is 1. The summed E-state index contributed by atoms with van der Waals surface area (Å²) in [4.78, 5) is 16.1. The van der Waals surface area contributed by atoms with Crippen molar-refractivity contribution in [3.8, 4) is 5.75 Å². The average molecular weight is 305 g/mol. The molecule has 0 saturated carbocycles. The smallest absolute Gasteiger partial charge is 0.271 e. The van der Waals surface area contributed by atoms with Gasteiger partial charge in [0.1, 0.15) is 11.4 Å². The normalized spacial score (nSPS) is 11.9. The molecular weight excluding hydrogens is 286 g/mol. The van der Waals surface area contributed by atoms with Gasteiger partial charge in [-0.05, 0) is 31.0 Å². The summed E-state index contributed by atoms with van der Waals surface area (Å²) in [7, 11) is 0. The lowest BCUT2D eigenvalue weighted by Crippen LogP contribution is -2.28. The minimum atomic E-state index is -0.205. The SMILES string of the molecule is CCOc1ccc(C(CC)NC(=O)c2csc(N)n2)cc1. The second-order valence-electron chi connectivity index (χ2n) is 4.51. The first kappa shape index (κ1) is 15.3. The van der Waals surface area contributed by atoms with Crippen molar-refractivity contribution in [3.63, 3.8) is 0 Å². The number of anilines is 1. The molecule has 0 radical (unpaired) electrons. The lowest BCUT2D eigenvalue weighted by atomic mass is 10.0. The molecule has 5 nitrogen and oxygen atoms in total. The molecular formula is C15H19N3O2S. The van der Waals surface area contributed by atoms with E-state index in [0.29, 0.717) is 17.4 Å². The third-order valence-electron chi connectivity index (χ3n) is 3.06. The van der Waals surface area contributed by atoms with Gasteiger partial charge in [-0.25, -0.2) is 4.98 Å². The Balaban J connectivity index is 2.07. The molecule has 1 heterocycles. The van der Waals surface area contributed by atoms with Crippen LogP contribution in [0.1, 0.15) is 42.4 Å². The quantitative estimate of drug-likeness (QED) is 0.860. The van der Waals surface area contributed by atoms with Crippen LogP contribution in [0.3, 0.4) is 0 Å². The number of hydrogen-bond donors (Lipinski definition) is 2. The lowest BCUT2D eigenvalue weighted by molar-refractivity contribution is 0.0931. The summed E-state index contributed by atoms with van der Waals surface area (Å²) in [6, 6.07) is 7.70. The van der Waals surface area contributed by atoms with E-state index in [2.05, 4.69) is 10.3 Å². The molecule has 1 atom stereocenters. The van der Waals surface area contributed by atoms with Crippen molar-refractivity contribution < 1.29 is 9.53 Å². The summed E-state index contributed by atoms with van der Waals surface area (Å²) in [5, 5.41) is 5.03. The molecule has 0 spiro atoms. The van der Waals surface area contributed by atoms with Gasteiger partial charge in [0.05, 0.1) is 12.6 Å². The van der Waals surface area contributed by atoms with Gasteiger partial charge in [-0.1, -0.05) is 19.1 Å². The number of hydrogen-bond acceptors (Lipinski definition) is 5. The highest BCUT2D eigenvalue weighted by Crippen LogP contribution is 2.21. The van der Waals surface area contributed by atoms with Crippen molar-refractivity contribution in [3.05, 3.63) is 40.9 Å². The van der Waals surface area contributed by atoms with Crippen LogP contribution in [0.5, 0.6) is 5.75 Å². The third kappa shape index (κ3) is 3.95.